The molecular weight excluding hydrogens is 400 g/mol. The van der Waals surface area contributed by atoms with Crippen LogP contribution in [0.2, 0.25) is 0 Å². The molecule has 0 amide bonds. The maximum atomic E-state index is 13.7. The summed E-state index contributed by atoms with van der Waals surface area (Å²) in [5.41, 5.74) is 0.155. The summed E-state index contributed by atoms with van der Waals surface area (Å²) in [6.07, 6.45) is -3.53. The minimum atomic E-state index is -4.68. The number of nitrogens with one attached hydrogen (secondary N) is 2. The van der Waals surface area contributed by atoms with Gasteiger partial charge in [0.15, 0.2) is 6.04 Å². The third kappa shape index (κ3) is 4.01. The lowest BCUT2D eigenvalue weighted by Crippen LogP contribution is -2.45. The Kier molecular flexibility index (Phi) is 5.06. The molecule has 2 atom stereocenters. The van der Waals surface area contributed by atoms with E-state index in [1.165, 1.54) is 6.07 Å². The third-order valence-corrected chi connectivity index (χ3v) is 5.34. The molecule has 0 saturated carbocycles. The van der Waals surface area contributed by atoms with Gasteiger partial charge in [0.2, 0.25) is 0 Å². The third-order valence-electron chi connectivity index (χ3n) is 3.17. The minimum absolute atomic E-state index is 0.0893. The van der Waals surface area contributed by atoms with Gasteiger partial charge >= 0.3 is 6.18 Å². The van der Waals surface area contributed by atoms with Crippen LogP contribution in [0.1, 0.15) is 32.4 Å². The van der Waals surface area contributed by atoms with E-state index < -0.39 is 34.1 Å². The molecule has 1 heterocycles. The van der Waals surface area contributed by atoms with E-state index in [0.29, 0.717) is 5.52 Å². The van der Waals surface area contributed by atoms with E-state index in [-0.39, 0.29) is 15.4 Å². The molecule has 1 unspecified atom stereocenters. The molecule has 2 aromatic rings. The van der Waals surface area contributed by atoms with Crippen LogP contribution in [-0.4, -0.2) is 20.5 Å². The summed E-state index contributed by atoms with van der Waals surface area (Å²) >= 11 is 1.05. The van der Waals surface area contributed by atoms with Crippen molar-refractivity contribution in [2.24, 2.45) is 0 Å². The van der Waals surface area contributed by atoms with E-state index in [1.54, 1.807) is 20.8 Å². The lowest BCUT2D eigenvalue weighted by molar-refractivity contribution is -0.152. The smallest absolute Gasteiger partial charge is 0.412 e. The van der Waals surface area contributed by atoms with Crippen LogP contribution in [0, 0.1) is 5.82 Å². The maximum absolute atomic E-state index is 13.7. The number of fused-ring (bicyclic) bond motifs is 1. The Balaban J connectivity index is 2.51. The quantitative estimate of drug-likeness (QED) is 0.563. The lowest BCUT2D eigenvalue weighted by Gasteiger charge is -2.28. The van der Waals surface area contributed by atoms with Gasteiger partial charge in [-0.05, 0) is 48.8 Å². The molecule has 2 N–H and O–H groups in total. The summed E-state index contributed by atoms with van der Waals surface area (Å²) in [4.78, 5) is 2.69. The first-order valence-electron chi connectivity index (χ1n) is 6.62. The highest BCUT2D eigenvalue weighted by Gasteiger charge is 2.46. The Labute approximate surface area is 142 Å². The highest BCUT2D eigenvalue weighted by Crippen LogP contribution is 2.38. The van der Waals surface area contributed by atoms with Gasteiger partial charge in [-0.1, -0.05) is 0 Å². The first-order valence-corrected chi connectivity index (χ1v) is 8.56. The molecule has 2 rings (SSSR count). The van der Waals surface area contributed by atoms with Gasteiger partial charge in [0.1, 0.15) is 10.6 Å². The Bertz CT molecular complexity index is 711. The van der Waals surface area contributed by atoms with Crippen LogP contribution in [0.3, 0.4) is 0 Å². The fourth-order valence-corrected chi connectivity index (χ4v) is 3.14. The van der Waals surface area contributed by atoms with Crippen molar-refractivity contribution in [3.63, 3.8) is 0 Å². The van der Waals surface area contributed by atoms with Gasteiger partial charge in [0.05, 0.1) is 4.47 Å². The summed E-state index contributed by atoms with van der Waals surface area (Å²) in [5.74, 6) is -0.670. The molecule has 128 valence electrons. The number of alkyl halides is 3. The number of hydrogen-bond donors (Lipinski definition) is 2. The van der Waals surface area contributed by atoms with Crippen LogP contribution in [0.4, 0.5) is 17.6 Å². The number of halogens is 5. The summed E-state index contributed by atoms with van der Waals surface area (Å²) in [5, 5.41) is 0.0893. The number of benzene rings is 1. The Hall–Kier alpha value is -0.770. The second-order valence-corrected chi connectivity index (χ2v) is 8.88. The summed E-state index contributed by atoms with van der Waals surface area (Å²) in [7, 11) is 0. The zero-order valence-corrected chi connectivity index (χ0v) is 14.9. The van der Waals surface area contributed by atoms with Crippen LogP contribution >= 0.6 is 15.9 Å². The lowest BCUT2D eigenvalue weighted by atomic mass is 10.1. The fourth-order valence-electron chi connectivity index (χ4n) is 1.97. The largest absolute Gasteiger partial charge is 0.598 e. The van der Waals surface area contributed by atoms with Crippen molar-refractivity contribution in [3.05, 3.63) is 34.2 Å². The van der Waals surface area contributed by atoms with Gasteiger partial charge in [0.25, 0.3) is 0 Å². The standard InChI is InChI=1S/C14H15BrF4N2OS/c1-13(2,3)23(22)21-12(14(17,18)19)8-6-20-11-5-9(15)10(16)4-7(8)11/h4-6,12,20-21H,1-3H3/t12-,23?/m0/s1. The number of aromatic nitrogens is 1. The highest BCUT2D eigenvalue weighted by molar-refractivity contribution is 9.10. The molecule has 0 spiro atoms. The van der Waals surface area contributed by atoms with Gasteiger partial charge in [-0.15, -0.1) is 4.72 Å². The molecule has 0 aliphatic heterocycles. The van der Waals surface area contributed by atoms with E-state index in [4.69, 9.17) is 0 Å². The maximum Gasteiger partial charge on any atom is 0.412 e. The first kappa shape index (κ1) is 18.6. The summed E-state index contributed by atoms with van der Waals surface area (Å²) in [6.45, 7) is 4.70. The molecule has 9 heteroatoms. The van der Waals surface area contributed by atoms with E-state index in [1.807, 2.05) is 0 Å². The Morgan fingerprint density at radius 2 is 1.87 bits per heavy atom. The summed E-state index contributed by atoms with van der Waals surface area (Å²) in [6, 6.07) is 0.213. The van der Waals surface area contributed by atoms with E-state index in [2.05, 4.69) is 25.6 Å². The molecule has 23 heavy (non-hydrogen) atoms. The zero-order chi connectivity index (χ0) is 17.6. The van der Waals surface area contributed by atoms with E-state index in [0.717, 1.165) is 12.3 Å². The van der Waals surface area contributed by atoms with Crippen molar-refractivity contribution < 1.29 is 22.1 Å². The van der Waals surface area contributed by atoms with Crippen molar-refractivity contribution in [2.45, 2.75) is 37.7 Å². The highest BCUT2D eigenvalue weighted by atomic mass is 79.9. The van der Waals surface area contributed by atoms with Crippen LogP contribution in [0.15, 0.2) is 22.8 Å². The monoisotopic (exact) mass is 414 g/mol. The number of rotatable bonds is 3. The molecular formula is C14H15BrF4N2OS. The predicted octanol–water partition coefficient (Wildman–Crippen LogP) is 4.72. The van der Waals surface area contributed by atoms with Crippen LogP contribution in [-0.2, 0) is 11.4 Å². The SMILES string of the molecule is CC(C)(C)[S+]([O-])N[C@@H](c1c[nH]c2cc(Br)c(F)cc12)C(F)(F)F. The summed E-state index contributed by atoms with van der Waals surface area (Å²) < 4.78 is 67.4. The molecule has 0 saturated heterocycles. The van der Waals surface area contributed by atoms with Gasteiger partial charge in [-0.25, -0.2) is 4.39 Å². The molecule has 0 bridgehead atoms. The first-order chi connectivity index (χ1) is 10.4. The van der Waals surface area contributed by atoms with Crippen molar-refractivity contribution in [2.75, 3.05) is 0 Å². The minimum Gasteiger partial charge on any atom is -0.598 e. The average Bonchev–Trinajstić information content (AvgIpc) is 2.76. The Morgan fingerprint density at radius 1 is 1.26 bits per heavy atom. The van der Waals surface area contributed by atoms with Gasteiger partial charge < -0.3 is 9.54 Å². The Morgan fingerprint density at radius 3 is 2.39 bits per heavy atom. The molecule has 0 fully saturated rings. The topological polar surface area (TPSA) is 50.9 Å². The second kappa shape index (κ2) is 6.27. The van der Waals surface area contributed by atoms with Crippen LogP contribution in [0.25, 0.3) is 10.9 Å². The number of H-pyrrole nitrogens is 1. The van der Waals surface area contributed by atoms with Crippen molar-refractivity contribution in [1.82, 2.24) is 9.71 Å². The molecule has 3 nitrogen and oxygen atoms in total. The predicted molar refractivity (Wildman–Crippen MR) is 85.8 cm³/mol. The normalized spacial score (nSPS) is 15.9. The van der Waals surface area contributed by atoms with E-state index >= 15 is 0 Å². The van der Waals surface area contributed by atoms with Gasteiger partial charge in [-0.2, -0.15) is 13.2 Å². The van der Waals surface area contributed by atoms with Crippen LogP contribution in [0.5, 0.6) is 0 Å². The number of hydrogen-bond acceptors (Lipinski definition) is 2. The molecule has 0 aliphatic rings. The second-order valence-electron chi connectivity index (χ2n) is 6.03. The van der Waals surface area contributed by atoms with Gasteiger partial charge in [0, 0.05) is 34.0 Å². The molecule has 0 radical (unpaired) electrons. The van der Waals surface area contributed by atoms with Crippen molar-refractivity contribution >= 4 is 38.2 Å². The van der Waals surface area contributed by atoms with E-state index in [9.17, 15) is 22.1 Å². The van der Waals surface area contributed by atoms with Crippen molar-refractivity contribution in [3.8, 4) is 0 Å². The average molecular weight is 415 g/mol. The molecule has 0 aliphatic carbocycles. The van der Waals surface area contributed by atoms with Crippen LogP contribution < -0.4 is 4.72 Å². The van der Waals surface area contributed by atoms with Crippen molar-refractivity contribution in [1.29, 1.82) is 0 Å². The molecule has 1 aromatic heterocycles. The number of aromatic amines is 1. The molecule has 1 aromatic carbocycles. The van der Waals surface area contributed by atoms with Gasteiger partial charge in [-0.3, -0.25) is 0 Å². The zero-order valence-electron chi connectivity index (χ0n) is 12.5. The fraction of sp³-hybridized carbons (Fsp3) is 0.429.